The number of esters is 2. The van der Waals surface area contributed by atoms with Crippen molar-refractivity contribution < 1.29 is 19.1 Å². The van der Waals surface area contributed by atoms with Crippen molar-refractivity contribution in [3.05, 3.63) is 69.5 Å². The molecule has 4 atom stereocenters. The molecule has 2 bridgehead atoms. The van der Waals surface area contributed by atoms with Crippen LogP contribution in [0.15, 0.2) is 69.5 Å². The lowest BCUT2D eigenvalue weighted by Crippen LogP contribution is -2.52. The zero-order valence-corrected chi connectivity index (χ0v) is 21.3. The summed E-state index contributed by atoms with van der Waals surface area (Å²) < 4.78 is 12.0. The second-order valence-electron chi connectivity index (χ2n) is 11.0. The first-order chi connectivity index (χ1) is 17.5. The van der Waals surface area contributed by atoms with Crippen molar-refractivity contribution >= 4 is 11.9 Å². The van der Waals surface area contributed by atoms with Gasteiger partial charge in [-0.05, 0) is 80.6 Å². The first-order valence-electron chi connectivity index (χ1n) is 13.7. The van der Waals surface area contributed by atoms with Gasteiger partial charge in [0.1, 0.15) is 11.5 Å². The van der Waals surface area contributed by atoms with E-state index in [-0.39, 0.29) is 23.8 Å². The van der Waals surface area contributed by atoms with E-state index < -0.39 is 5.41 Å². The average molecular weight is 489 g/mol. The molecule has 2 fully saturated rings. The van der Waals surface area contributed by atoms with Crippen LogP contribution in [-0.2, 0) is 19.1 Å². The summed E-state index contributed by atoms with van der Waals surface area (Å²) >= 11 is 0. The number of rotatable bonds is 6. The molecule has 4 aliphatic carbocycles. The fourth-order valence-electron chi connectivity index (χ4n) is 7.79. The van der Waals surface area contributed by atoms with Crippen molar-refractivity contribution in [2.24, 2.45) is 28.9 Å². The number of dihydropyridines is 1. The zero-order chi connectivity index (χ0) is 25.0. The summed E-state index contributed by atoms with van der Waals surface area (Å²) in [4.78, 5) is 27.0. The molecule has 7 aliphatic rings. The molecule has 0 aromatic rings. The van der Waals surface area contributed by atoms with Gasteiger partial charge in [0, 0.05) is 23.6 Å². The van der Waals surface area contributed by atoms with Crippen LogP contribution >= 0.6 is 0 Å². The highest BCUT2D eigenvalue weighted by atomic mass is 16.5. The Morgan fingerprint density at radius 3 is 2.69 bits per heavy atom. The first kappa shape index (κ1) is 23.4. The SMILES string of the molecule is CCC/C=C1\OC(=O)C2=C1CC[C@H]1[C@@H]3CC[C@@]4(C(=C3CC3=CCNC(N)=C3)C(=O)O/C4=C\CCC)[C@@H]21. The molecule has 6 heteroatoms. The third kappa shape index (κ3) is 3.29. The quantitative estimate of drug-likeness (QED) is 0.499. The smallest absolute Gasteiger partial charge is 0.340 e. The molecule has 0 aromatic carbocycles. The Balaban J connectivity index is 1.53. The van der Waals surface area contributed by atoms with E-state index in [0.29, 0.717) is 24.7 Å². The highest BCUT2D eigenvalue weighted by molar-refractivity contribution is 6.00. The molecule has 1 saturated heterocycles. The minimum absolute atomic E-state index is 0.0593. The van der Waals surface area contributed by atoms with Crippen LogP contribution in [0.3, 0.4) is 0 Å². The first-order valence-corrected chi connectivity index (χ1v) is 13.7. The molecule has 1 spiro atoms. The molecular formula is C30H36N2O4. The predicted molar refractivity (Wildman–Crippen MR) is 137 cm³/mol. The molecule has 190 valence electrons. The third-order valence-electron chi connectivity index (χ3n) is 9.11. The normalized spacial score (nSPS) is 34.8. The molecule has 1 saturated carbocycles. The summed E-state index contributed by atoms with van der Waals surface area (Å²) in [6.45, 7) is 4.96. The number of carbonyl (C=O) groups excluding carboxylic acids is 2. The molecule has 6 nitrogen and oxygen atoms in total. The van der Waals surface area contributed by atoms with Gasteiger partial charge in [0.05, 0.1) is 16.8 Å². The van der Waals surface area contributed by atoms with Crippen LogP contribution < -0.4 is 11.1 Å². The van der Waals surface area contributed by atoms with E-state index in [4.69, 9.17) is 15.2 Å². The fourth-order valence-corrected chi connectivity index (χ4v) is 7.79. The molecule has 36 heavy (non-hydrogen) atoms. The molecule has 3 heterocycles. The summed E-state index contributed by atoms with van der Waals surface area (Å²) in [5.74, 6) is 2.27. The van der Waals surface area contributed by atoms with E-state index in [1.807, 2.05) is 6.08 Å². The van der Waals surface area contributed by atoms with Crippen molar-refractivity contribution in [2.75, 3.05) is 6.54 Å². The second-order valence-corrected chi connectivity index (χ2v) is 11.0. The molecule has 7 rings (SSSR count). The number of allylic oxidation sites excluding steroid dienone is 7. The number of carbonyl (C=O) groups is 2. The van der Waals surface area contributed by atoms with Crippen LogP contribution in [0.25, 0.3) is 0 Å². The minimum Gasteiger partial charge on any atom is -0.427 e. The molecule has 0 unspecified atom stereocenters. The van der Waals surface area contributed by atoms with Crippen LogP contribution in [0, 0.1) is 23.2 Å². The molecular weight excluding hydrogens is 452 g/mol. The van der Waals surface area contributed by atoms with Gasteiger partial charge in [-0.2, -0.15) is 0 Å². The Kier molecular flexibility index (Phi) is 5.73. The summed E-state index contributed by atoms with van der Waals surface area (Å²) in [6.07, 6.45) is 16.5. The molecule has 0 aromatic heterocycles. The Morgan fingerprint density at radius 2 is 1.92 bits per heavy atom. The fraction of sp³-hybridized carbons (Fsp3) is 0.533. The van der Waals surface area contributed by atoms with Crippen LogP contribution in [0.5, 0.6) is 0 Å². The number of ether oxygens (including phenoxy) is 2. The standard InChI is InChI=1S/C30H36N2O4/c1-3-5-7-22-20-10-9-19-18-11-13-30(26(19)25(20)28(33)35-22)23(8-6-4-2)36-29(34)27(30)21(18)15-17-12-14-32-24(31)16-17/h7-8,12,16,18-19,26,32H,3-6,9-11,13-15,31H2,1-2H3/b22-7-,23-8-/t18-,19-,26+,30-/m0/s1. The largest absolute Gasteiger partial charge is 0.427 e. The Hall–Kier alpha value is -3.02. The summed E-state index contributed by atoms with van der Waals surface area (Å²) in [7, 11) is 0. The third-order valence-corrected chi connectivity index (χ3v) is 9.11. The number of hydrogen-bond donors (Lipinski definition) is 2. The molecule has 0 radical (unpaired) electrons. The lowest BCUT2D eigenvalue weighted by Gasteiger charge is -2.56. The van der Waals surface area contributed by atoms with Crippen LogP contribution in [0.4, 0.5) is 0 Å². The van der Waals surface area contributed by atoms with Crippen LogP contribution in [-0.4, -0.2) is 18.5 Å². The Morgan fingerprint density at radius 1 is 1.11 bits per heavy atom. The monoisotopic (exact) mass is 488 g/mol. The van der Waals surface area contributed by atoms with Gasteiger partial charge < -0.3 is 20.5 Å². The van der Waals surface area contributed by atoms with Crippen molar-refractivity contribution in [3.63, 3.8) is 0 Å². The number of nitrogens with one attached hydrogen (secondary N) is 1. The van der Waals surface area contributed by atoms with Gasteiger partial charge in [-0.1, -0.05) is 38.3 Å². The maximum absolute atomic E-state index is 13.6. The van der Waals surface area contributed by atoms with E-state index in [2.05, 4.69) is 37.4 Å². The Bertz CT molecular complexity index is 1210. The molecule has 3 aliphatic heterocycles. The van der Waals surface area contributed by atoms with Gasteiger partial charge in [-0.25, -0.2) is 9.59 Å². The number of unbranched alkanes of at least 4 members (excludes halogenated alkanes) is 2. The lowest BCUT2D eigenvalue weighted by atomic mass is 9.44. The van der Waals surface area contributed by atoms with Crippen molar-refractivity contribution in [1.82, 2.24) is 5.32 Å². The van der Waals surface area contributed by atoms with E-state index in [0.717, 1.165) is 85.2 Å². The molecule has 3 N–H and O–H groups in total. The number of nitrogens with two attached hydrogens (primary N) is 1. The van der Waals surface area contributed by atoms with E-state index in [1.54, 1.807) is 0 Å². The van der Waals surface area contributed by atoms with Crippen LogP contribution in [0.1, 0.15) is 71.6 Å². The van der Waals surface area contributed by atoms with Crippen molar-refractivity contribution in [2.45, 2.75) is 71.6 Å². The van der Waals surface area contributed by atoms with Crippen molar-refractivity contribution in [3.8, 4) is 0 Å². The van der Waals surface area contributed by atoms with E-state index >= 15 is 0 Å². The second kappa shape index (κ2) is 8.82. The Labute approximate surface area is 213 Å². The average Bonchev–Trinajstić information content (AvgIpc) is 3.35. The highest BCUT2D eigenvalue weighted by Crippen LogP contribution is 2.70. The maximum Gasteiger partial charge on any atom is 0.340 e. The lowest BCUT2D eigenvalue weighted by molar-refractivity contribution is -0.135. The zero-order valence-electron chi connectivity index (χ0n) is 21.3. The highest BCUT2D eigenvalue weighted by Gasteiger charge is 2.68. The summed E-state index contributed by atoms with van der Waals surface area (Å²) in [5, 5.41) is 3.14. The van der Waals surface area contributed by atoms with Crippen molar-refractivity contribution in [1.29, 1.82) is 0 Å². The van der Waals surface area contributed by atoms with Gasteiger partial charge in [-0.3, -0.25) is 0 Å². The maximum atomic E-state index is 13.6. The van der Waals surface area contributed by atoms with Crippen LogP contribution in [0.2, 0.25) is 0 Å². The minimum atomic E-state index is -0.566. The van der Waals surface area contributed by atoms with Gasteiger partial charge in [0.2, 0.25) is 0 Å². The predicted octanol–water partition coefficient (Wildman–Crippen LogP) is 5.22. The van der Waals surface area contributed by atoms with E-state index in [9.17, 15) is 9.59 Å². The van der Waals surface area contributed by atoms with Gasteiger partial charge in [0.25, 0.3) is 0 Å². The van der Waals surface area contributed by atoms with Gasteiger partial charge in [0.15, 0.2) is 0 Å². The van der Waals surface area contributed by atoms with Gasteiger partial charge in [-0.15, -0.1) is 0 Å². The number of fused-ring (bicyclic) bond motifs is 1. The summed E-state index contributed by atoms with van der Waals surface area (Å²) in [5.41, 5.74) is 10.6. The number of hydrogen-bond acceptors (Lipinski definition) is 6. The van der Waals surface area contributed by atoms with Gasteiger partial charge >= 0.3 is 11.9 Å². The van der Waals surface area contributed by atoms with E-state index in [1.165, 1.54) is 5.57 Å². The number of cyclic esters (lactones) is 2. The summed E-state index contributed by atoms with van der Waals surface area (Å²) in [6, 6.07) is 0. The molecule has 0 amide bonds. The topological polar surface area (TPSA) is 90.6 Å².